The third kappa shape index (κ3) is 3.65. The van der Waals surface area contributed by atoms with Crippen LogP contribution in [0.1, 0.15) is 30.8 Å². The second kappa shape index (κ2) is 6.90. The second-order valence-electron chi connectivity index (χ2n) is 7.22. The summed E-state index contributed by atoms with van der Waals surface area (Å²) < 4.78 is 30.4. The molecule has 1 heterocycles. The van der Waals surface area contributed by atoms with Crippen LogP contribution in [-0.4, -0.2) is 23.2 Å². The Labute approximate surface area is 160 Å². The maximum Gasteiger partial charge on any atom is 0.241 e. The molecule has 0 spiro atoms. The van der Waals surface area contributed by atoms with Crippen LogP contribution in [0.15, 0.2) is 53.4 Å². The van der Waals surface area contributed by atoms with Crippen molar-refractivity contribution >= 4 is 10.0 Å². The minimum absolute atomic E-state index is 0.263. The Bertz CT molecular complexity index is 1080. The Kier molecular flexibility index (Phi) is 4.92. The second-order valence-corrected chi connectivity index (χ2v) is 8.87. The molecule has 27 heavy (non-hydrogen) atoms. The molecule has 142 valence electrons. The summed E-state index contributed by atoms with van der Waals surface area (Å²) in [7, 11) is -1.86. The quantitative estimate of drug-likeness (QED) is 0.732. The summed E-state index contributed by atoms with van der Waals surface area (Å²) in [6.07, 6.45) is 0. The van der Waals surface area contributed by atoms with Crippen molar-refractivity contribution in [3.8, 4) is 11.4 Å². The zero-order valence-corrected chi connectivity index (χ0v) is 17.0. The molecule has 0 atom stereocenters. The molecule has 7 heteroatoms. The Morgan fingerprint density at radius 1 is 0.926 bits per heavy atom. The Morgan fingerprint density at radius 2 is 1.52 bits per heavy atom. The van der Waals surface area contributed by atoms with Gasteiger partial charge < -0.3 is 4.57 Å². The van der Waals surface area contributed by atoms with Gasteiger partial charge in [0.15, 0.2) is 11.6 Å². The molecule has 0 radical (unpaired) electrons. The van der Waals surface area contributed by atoms with Crippen molar-refractivity contribution in [1.82, 2.24) is 19.5 Å². The summed E-state index contributed by atoms with van der Waals surface area (Å²) in [5.74, 6) is 1.24. The number of sulfonamides is 1. The summed E-state index contributed by atoms with van der Waals surface area (Å²) in [5.41, 5.74) is 1.80. The number of hydrogen-bond donors (Lipinski definition) is 1. The molecule has 0 aliphatic rings. The van der Waals surface area contributed by atoms with Crippen LogP contribution in [0, 0.1) is 13.8 Å². The molecule has 0 aliphatic carbocycles. The van der Waals surface area contributed by atoms with Crippen LogP contribution in [0.25, 0.3) is 11.4 Å². The summed E-state index contributed by atoms with van der Waals surface area (Å²) in [5, 5.41) is 8.60. The minimum Gasteiger partial charge on any atom is -0.313 e. The average molecular weight is 385 g/mol. The fraction of sp³-hybridized carbons (Fsp3) is 0.300. The third-order valence-electron chi connectivity index (χ3n) is 4.59. The lowest BCUT2D eigenvalue weighted by Gasteiger charge is -2.25. The monoisotopic (exact) mass is 384 g/mol. The van der Waals surface area contributed by atoms with Gasteiger partial charge in [-0.1, -0.05) is 42.5 Å². The zero-order valence-electron chi connectivity index (χ0n) is 16.2. The lowest BCUT2D eigenvalue weighted by atomic mass is 10.1. The maximum atomic E-state index is 12.9. The van der Waals surface area contributed by atoms with Crippen LogP contribution < -0.4 is 4.72 Å². The highest BCUT2D eigenvalue weighted by atomic mass is 32.2. The van der Waals surface area contributed by atoms with Gasteiger partial charge in [0.25, 0.3) is 0 Å². The molecular formula is C20H24N4O2S. The molecule has 0 saturated heterocycles. The first kappa shape index (κ1) is 19.3. The van der Waals surface area contributed by atoms with Crippen LogP contribution in [0.2, 0.25) is 0 Å². The minimum atomic E-state index is -3.71. The van der Waals surface area contributed by atoms with Crippen LogP contribution >= 0.6 is 0 Å². The predicted octanol–water partition coefficient (Wildman–Crippen LogP) is 3.31. The van der Waals surface area contributed by atoms with Gasteiger partial charge in [-0.3, -0.25) is 0 Å². The van der Waals surface area contributed by atoms with Crippen molar-refractivity contribution in [3.05, 3.63) is 65.5 Å². The van der Waals surface area contributed by atoms with Gasteiger partial charge in [-0.2, -0.15) is 4.72 Å². The highest BCUT2D eigenvalue weighted by molar-refractivity contribution is 7.89. The molecule has 0 aliphatic heterocycles. The molecule has 1 aromatic heterocycles. The van der Waals surface area contributed by atoms with Gasteiger partial charge >= 0.3 is 0 Å². The van der Waals surface area contributed by atoms with Crippen LogP contribution in [-0.2, 0) is 22.6 Å². The molecule has 0 unspecified atom stereocenters. The molecule has 0 amide bonds. The van der Waals surface area contributed by atoms with Crippen molar-refractivity contribution in [2.24, 2.45) is 7.05 Å². The number of nitrogens with zero attached hydrogens (tertiary/aromatic N) is 3. The Balaban J connectivity index is 1.99. The zero-order chi connectivity index (χ0) is 19.8. The van der Waals surface area contributed by atoms with Gasteiger partial charge in [-0.05, 0) is 44.9 Å². The van der Waals surface area contributed by atoms with Crippen molar-refractivity contribution in [3.63, 3.8) is 0 Å². The standard InChI is InChI=1S/C20H24N4O2S/c1-14-10-6-8-12-16(14)18-21-22-19(24(18)5)20(3,4)23-27(25,26)17-13-9-7-11-15(17)2/h6-13,23H,1-5H3. The molecule has 3 rings (SSSR count). The van der Waals surface area contributed by atoms with Gasteiger partial charge in [0.1, 0.15) is 0 Å². The normalized spacial score (nSPS) is 12.3. The average Bonchev–Trinajstić information content (AvgIpc) is 2.97. The third-order valence-corrected chi connectivity index (χ3v) is 6.41. The molecule has 0 fully saturated rings. The summed E-state index contributed by atoms with van der Waals surface area (Å²) in [6.45, 7) is 7.36. The van der Waals surface area contributed by atoms with Crippen molar-refractivity contribution < 1.29 is 8.42 Å². The highest BCUT2D eigenvalue weighted by Gasteiger charge is 2.33. The first-order valence-corrected chi connectivity index (χ1v) is 10.2. The molecule has 0 bridgehead atoms. The van der Waals surface area contributed by atoms with E-state index in [4.69, 9.17) is 0 Å². The van der Waals surface area contributed by atoms with Gasteiger partial charge in [0.2, 0.25) is 10.0 Å². The van der Waals surface area contributed by atoms with Crippen molar-refractivity contribution in [2.75, 3.05) is 0 Å². The molecule has 1 N–H and O–H groups in total. The van der Waals surface area contributed by atoms with Gasteiger partial charge in [-0.25, -0.2) is 8.42 Å². The molecular weight excluding hydrogens is 360 g/mol. The highest BCUT2D eigenvalue weighted by Crippen LogP contribution is 2.27. The summed E-state index contributed by atoms with van der Waals surface area (Å²) in [6, 6.07) is 14.8. The van der Waals surface area contributed by atoms with E-state index < -0.39 is 15.6 Å². The smallest absolute Gasteiger partial charge is 0.241 e. The molecule has 6 nitrogen and oxygen atoms in total. The lowest BCUT2D eigenvalue weighted by Crippen LogP contribution is -2.43. The number of hydrogen-bond acceptors (Lipinski definition) is 4. The number of rotatable bonds is 5. The number of aromatic nitrogens is 3. The van der Waals surface area contributed by atoms with E-state index in [0.717, 1.165) is 11.1 Å². The summed E-state index contributed by atoms with van der Waals surface area (Å²) >= 11 is 0. The predicted molar refractivity (Wildman–Crippen MR) is 106 cm³/mol. The molecule has 3 aromatic rings. The van der Waals surface area contributed by atoms with Gasteiger partial charge in [-0.15, -0.1) is 10.2 Å². The van der Waals surface area contributed by atoms with E-state index in [0.29, 0.717) is 17.2 Å². The largest absolute Gasteiger partial charge is 0.313 e. The van der Waals surface area contributed by atoms with E-state index >= 15 is 0 Å². The summed E-state index contributed by atoms with van der Waals surface area (Å²) in [4.78, 5) is 0.263. The van der Waals surface area contributed by atoms with Crippen LogP contribution in [0.5, 0.6) is 0 Å². The number of nitrogens with one attached hydrogen (secondary N) is 1. The van der Waals surface area contributed by atoms with E-state index in [1.165, 1.54) is 0 Å². The van der Waals surface area contributed by atoms with Crippen LogP contribution in [0.4, 0.5) is 0 Å². The Morgan fingerprint density at radius 3 is 2.15 bits per heavy atom. The van der Waals surface area contributed by atoms with E-state index in [2.05, 4.69) is 14.9 Å². The Hall–Kier alpha value is -2.51. The molecule has 2 aromatic carbocycles. The lowest BCUT2D eigenvalue weighted by molar-refractivity contribution is 0.432. The first-order valence-electron chi connectivity index (χ1n) is 8.69. The first-order chi connectivity index (χ1) is 12.6. The van der Waals surface area contributed by atoms with E-state index in [1.54, 1.807) is 39.0 Å². The fourth-order valence-corrected chi connectivity index (χ4v) is 4.85. The van der Waals surface area contributed by atoms with Crippen LogP contribution in [0.3, 0.4) is 0 Å². The molecule has 0 saturated carbocycles. The van der Waals surface area contributed by atoms with Gasteiger partial charge in [0.05, 0.1) is 10.4 Å². The van der Waals surface area contributed by atoms with E-state index in [9.17, 15) is 8.42 Å². The SMILES string of the molecule is Cc1ccccc1-c1nnc(C(C)(C)NS(=O)(=O)c2ccccc2C)n1C. The number of benzene rings is 2. The van der Waals surface area contributed by atoms with E-state index in [-0.39, 0.29) is 4.90 Å². The number of aryl methyl sites for hydroxylation is 2. The van der Waals surface area contributed by atoms with Crippen molar-refractivity contribution in [1.29, 1.82) is 0 Å². The maximum absolute atomic E-state index is 12.9. The topological polar surface area (TPSA) is 76.9 Å². The fourth-order valence-electron chi connectivity index (χ4n) is 3.23. The van der Waals surface area contributed by atoms with Gasteiger partial charge in [0, 0.05) is 12.6 Å². The van der Waals surface area contributed by atoms with Crippen molar-refractivity contribution in [2.45, 2.75) is 38.1 Å². The van der Waals surface area contributed by atoms with E-state index in [1.807, 2.05) is 48.9 Å².